The summed E-state index contributed by atoms with van der Waals surface area (Å²) in [5.74, 6) is -3.48. The number of hydrogen-bond acceptors (Lipinski definition) is 6. The average molecular weight is 548 g/mol. The van der Waals surface area contributed by atoms with Gasteiger partial charge in [0, 0.05) is 36.2 Å². The van der Waals surface area contributed by atoms with E-state index in [2.05, 4.69) is 33.5 Å². The van der Waals surface area contributed by atoms with E-state index in [1.807, 2.05) is 33.0 Å². The number of rotatable bonds is 4. The lowest BCUT2D eigenvalue weighted by Crippen LogP contribution is -2.71. The largest absolute Gasteiger partial charge is 0.361 e. The zero-order valence-corrected chi connectivity index (χ0v) is 23.4. The van der Waals surface area contributed by atoms with E-state index in [1.54, 1.807) is 4.90 Å². The van der Waals surface area contributed by atoms with Crippen LogP contribution in [0.15, 0.2) is 30.5 Å². The minimum Gasteiger partial charge on any atom is -0.361 e. The van der Waals surface area contributed by atoms with Crippen LogP contribution in [0.4, 0.5) is 0 Å². The molecule has 5 heterocycles. The quantitative estimate of drug-likeness (QED) is 0.537. The van der Waals surface area contributed by atoms with Gasteiger partial charge in [0.05, 0.1) is 5.92 Å². The van der Waals surface area contributed by atoms with Gasteiger partial charge in [0.15, 0.2) is 0 Å². The number of piperazine rings is 1. The number of carbonyl (C=O) groups excluding carboxylic acids is 3. The molecule has 40 heavy (non-hydrogen) atoms. The number of fused-ring (bicyclic) bond motifs is 5. The van der Waals surface area contributed by atoms with Gasteiger partial charge in [-0.1, -0.05) is 32.1 Å². The van der Waals surface area contributed by atoms with E-state index in [-0.39, 0.29) is 23.8 Å². The van der Waals surface area contributed by atoms with Crippen LogP contribution in [0, 0.1) is 11.8 Å². The molecule has 0 bridgehead atoms. The smallest absolute Gasteiger partial charge is 0.280 e. The van der Waals surface area contributed by atoms with E-state index >= 15 is 0 Å². The monoisotopic (exact) mass is 547 g/mol. The van der Waals surface area contributed by atoms with Gasteiger partial charge < -0.3 is 20.3 Å². The Labute approximate surface area is 233 Å². The number of benzene rings is 1. The van der Waals surface area contributed by atoms with Crippen LogP contribution >= 0.6 is 0 Å². The number of aliphatic hydroxyl groups is 1. The van der Waals surface area contributed by atoms with Crippen LogP contribution in [-0.2, 0) is 25.5 Å². The van der Waals surface area contributed by atoms with Crippen LogP contribution < -0.4 is 5.32 Å². The molecule has 5 aliphatic rings. The van der Waals surface area contributed by atoms with Crippen LogP contribution in [-0.4, -0.2) is 92.4 Å². The van der Waals surface area contributed by atoms with Gasteiger partial charge in [0.25, 0.3) is 11.8 Å². The van der Waals surface area contributed by atoms with E-state index in [4.69, 9.17) is 4.74 Å². The summed E-state index contributed by atoms with van der Waals surface area (Å²) in [4.78, 5) is 49.7. The second-order valence-electron chi connectivity index (χ2n) is 12.7. The van der Waals surface area contributed by atoms with Crippen molar-refractivity contribution in [2.24, 2.45) is 11.8 Å². The van der Waals surface area contributed by atoms with E-state index < -0.39 is 35.5 Å². The second-order valence-corrected chi connectivity index (χ2v) is 12.7. The minimum atomic E-state index is -1.99. The average Bonchev–Trinajstić information content (AvgIpc) is 3.60. The summed E-state index contributed by atoms with van der Waals surface area (Å²) in [5, 5.41) is 15.9. The molecule has 0 radical (unpaired) electrons. The maximum Gasteiger partial charge on any atom is 0.280 e. The van der Waals surface area contributed by atoms with Crippen molar-refractivity contribution in [2.45, 2.75) is 76.2 Å². The predicted molar refractivity (Wildman–Crippen MR) is 147 cm³/mol. The summed E-state index contributed by atoms with van der Waals surface area (Å²) in [6.45, 7) is 6.46. The molecule has 212 valence electrons. The van der Waals surface area contributed by atoms with Gasteiger partial charge in [-0.3, -0.25) is 28.9 Å². The Balaban J connectivity index is 1.20. The van der Waals surface area contributed by atoms with Gasteiger partial charge in [-0.05, 0) is 68.3 Å². The fourth-order valence-corrected chi connectivity index (χ4v) is 7.76. The van der Waals surface area contributed by atoms with Gasteiger partial charge in [-0.15, -0.1) is 0 Å². The van der Waals surface area contributed by atoms with Crippen LogP contribution in [0.3, 0.4) is 0 Å². The topological polar surface area (TPSA) is 118 Å². The Kier molecular flexibility index (Phi) is 5.56. The molecule has 3 saturated heterocycles. The Morgan fingerprint density at radius 3 is 2.88 bits per heavy atom. The standard InChI is InChI=1S/C30H37N5O5/c1-16(2)11-23-27(37)34-10-6-9-24(34)30(39)35(23)28(38)29(3,40-30)32-26(36)18-12-20-19-7-5-8-21-25(19)17(14-31-21)13-22(20)33(4)15-18/h5,7-8,12,14,16,18,22-24,31,39H,6,9-11,13,15H2,1-4H3,(H,32,36)/t18?,22?,23?,24?,29-,30+/m1/s1. The molecular weight excluding hydrogens is 510 g/mol. The molecule has 2 aromatic rings. The zero-order valence-electron chi connectivity index (χ0n) is 23.4. The van der Waals surface area contributed by atoms with Crippen molar-refractivity contribution in [3.05, 3.63) is 41.6 Å². The third kappa shape index (κ3) is 3.48. The lowest BCUT2D eigenvalue weighted by Gasteiger charge is -2.49. The third-order valence-electron chi connectivity index (χ3n) is 9.55. The molecule has 10 nitrogen and oxygen atoms in total. The van der Waals surface area contributed by atoms with Gasteiger partial charge in [-0.2, -0.15) is 0 Å². The van der Waals surface area contributed by atoms with Gasteiger partial charge in [0.2, 0.25) is 17.5 Å². The van der Waals surface area contributed by atoms with Crippen molar-refractivity contribution in [1.82, 2.24) is 25.0 Å². The maximum atomic E-state index is 14.0. The number of likely N-dealkylation sites (N-methyl/N-ethyl adjacent to an activating group) is 1. The van der Waals surface area contributed by atoms with Gasteiger partial charge >= 0.3 is 0 Å². The van der Waals surface area contributed by atoms with Crippen LogP contribution in [0.1, 0.15) is 51.2 Å². The van der Waals surface area contributed by atoms with E-state index in [1.165, 1.54) is 22.8 Å². The molecule has 6 atom stereocenters. The highest BCUT2D eigenvalue weighted by molar-refractivity contribution is 6.00. The summed E-state index contributed by atoms with van der Waals surface area (Å²) >= 11 is 0. The van der Waals surface area contributed by atoms with Crippen molar-refractivity contribution in [1.29, 1.82) is 0 Å². The molecule has 0 spiro atoms. The SMILES string of the molecule is CC(C)CC1C(=O)N2CCCC2[C@]2(O)O[C@@](C)(NC(=O)C3C=C4c5cccc6[nH]cc(c56)CC4N(C)C3)C(=O)N12. The lowest BCUT2D eigenvalue weighted by molar-refractivity contribution is -0.315. The number of amides is 3. The predicted octanol–water partition coefficient (Wildman–Crippen LogP) is 1.79. The van der Waals surface area contributed by atoms with E-state index in [9.17, 15) is 19.5 Å². The molecule has 4 aliphatic heterocycles. The number of aromatic amines is 1. The number of ether oxygens (including phenoxy) is 1. The first-order chi connectivity index (χ1) is 19.0. The molecule has 1 aromatic heterocycles. The highest BCUT2D eigenvalue weighted by Crippen LogP contribution is 2.46. The highest BCUT2D eigenvalue weighted by atomic mass is 16.7. The molecule has 4 unspecified atom stereocenters. The molecular formula is C30H37N5O5. The number of aromatic nitrogens is 1. The summed E-state index contributed by atoms with van der Waals surface area (Å²) in [6.07, 6.45) is 6.61. The van der Waals surface area contributed by atoms with Gasteiger partial charge in [-0.25, -0.2) is 0 Å². The Bertz CT molecular complexity index is 1470. The Morgan fingerprint density at radius 1 is 1.30 bits per heavy atom. The highest BCUT2D eigenvalue weighted by Gasteiger charge is 2.70. The minimum absolute atomic E-state index is 0.115. The second kappa shape index (κ2) is 8.64. The van der Waals surface area contributed by atoms with E-state index in [0.717, 1.165) is 29.5 Å². The van der Waals surface area contributed by atoms with Crippen molar-refractivity contribution in [3.63, 3.8) is 0 Å². The number of carbonyl (C=O) groups is 3. The molecule has 10 heteroatoms. The molecule has 3 fully saturated rings. The molecule has 0 saturated carbocycles. The number of hydrogen-bond donors (Lipinski definition) is 3. The zero-order chi connectivity index (χ0) is 28.1. The maximum absolute atomic E-state index is 14.0. The first kappa shape index (κ1) is 25.7. The van der Waals surface area contributed by atoms with Crippen LogP contribution in [0.2, 0.25) is 0 Å². The van der Waals surface area contributed by atoms with Crippen molar-refractivity contribution in [2.75, 3.05) is 20.1 Å². The first-order valence-corrected chi connectivity index (χ1v) is 14.4. The van der Waals surface area contributed by atoms with E-state index in [0.29, 0.717) is 25.9 Å². The summed E-state index contributed by atoms with van der Waals surface area (Å²) in [7, 11) is 2.02. The normalized spacial score (nSPS) is 35.2. The first-order valence-electron chi connectivity index (χ1n) is 14.4. The Morgan fingerprint density at radius 2 is 2.10 bits per heavy atom. The van der Waals surface area contributed by atoms with Gasteiger partial charge in [0.1, 0.15) is 12.1 Å². The summed E-state index contributed by atoms with van der Waals surface area (Å²) < 4.78 is 6.17. The number of nitrogens with one attached hydrogen (secondary N) is 2. The number of nitrogens with zero attached hydrogens (tertiary/aromatic N) is 3. The lowest BCUT2D eigenvalue weighted by atomic mass is 9.79. The molecule has 1 aromatic carbocycles. The van der Waals surface area contributed by atoms with Crippen LogP contribution in [0.5, 0.6) is 0 Å². The third-order valence-corrected chi connectivity index (χ3v) is 9.55. The Hall–Kier alpha value is -3.21. The fraction of sp³-hybridized carbons (Fsp3) is 0.567. The van der Waals surface area contributed by atoms with Crippen molar-refractivity contribution in [3.8, 4) is 0 Å². The number of H-pyrrole nitrogens is 1. The van der Waals surface area contributed by atoms with Crippen molar-refractivity contribution < 1.29 is 24.2 Å². The van der Waals surface area contributed by atoms with Crippen LogP contribution in [0.25, 0.3) is 16.5 Å². The molecule has 3 N–H and O–H groups in total. The molecule has 7 rings (SSSR count). The summed E-state index contributed by atoms with van der Waals surface area (Å²) in [6, 6.07) is 4.84. The summed E-state index contributed by atoms with van der Waals surface area (Å²) in [5.41, 5.74) is 2.78. The molecule has 1 aliphatic carbocycles. The van der Waals surface area contributed by atoms with Crippen molar-refractivity contribution >= 4 is 34.2 Å². The molecule has 3 amide bonds. The fourth-order valence-electron chi connectivity index (χ4n) is 7.76.